The number of halogens is 1. The molecule has 0 bridgehead atoms. The second kappa shape index (κ2) is 9.93. The zero-order valence-electron chi connectivity index (χ0n) is 14.5. The van der Waals surface area contributed by atoms with Crippen molar-refractivity contribution in [1.29, 1.82) is 0 Å². The van der Waals surface area contributed by atoms with Gasteiger partial charge in [-0.15, -0.1) is 24.0 Å². The largest absolute Gasteiger partial charge is 0.370 e. The van der Waals surface area contributed by atoms with Gasteiger partial charge in [0.15, 0.2) is 5.96 Å². The zero-order chi connectivity index (χ0) is 15.2. The lowest BCUT2D eigenvalue weighted by atomic mass is 10.00. The fraction of sp³-hybridized carbons (Fsp3) is 0.938. The Labute approximate surface area is 153 Å². The quantitative estimate of drug-likeness (QED) is 0.424. The predicted molar refractivity (Wildman–Crippen MR) is 105 cm³/mol. The summed E-state index contributed by atoms with van der Waals surface area (Å²) in [6.45, 7) is 13.5. The number of piperazine rings is 1. The Balaban J connectivity index is 0.00000242. The van der Waals surface area contributed by atoms with Gasteiger partial charge in [0.25, 0.3) is 0 Å². The first kappa shape index (κ1) is 20.0. The van der Waals surface area contributed by atoms with Crippen LogP contribution in [0, 0.1) is 11.8 Å². The van der Waals surface area contributed by atoms with Crippen LogP contribution in [-0.4, -0.2) is 80.1 Å². The van der Waals surface area contributed by atoms with E-state index in [2.05, 4.69) is 40.6 Å². The van der Waals surface area contributed by atoms with Crippen molar-refractivity contribution in [2.45, 2.75) is 26.7 Å². The summed E-state index contributed by atoms with van der Waals surface area (Å²) in [6.07, 6.45) is 2.49. The lowest BCUT2D eigenvalue weighted by molar-refractivity contribution is 0.140. The molecule has 0 aromatic rings. The minimum absolute atomic E-state index is 0. The van der Waals surface area contributed by atoms with Crippen LogP contribution in [0.1, 0.15) is 26.7 Å². The Kier molecular flexibility index (Phi) is 9.01. The fourth-order valence-electron chi connectivity index (χ4n) is 3.12. The van der Waals surface area contributed by atoms with E-state index in [0.29, 0.717) is 5.92 Å². The van der Waals surface area contributed by atoms with E-state index in [0.717, 1.165) is 38.1 Å². The molecule has 0 spiro atoms. The third-order valence-electron chi connectivity index (χ3n) is 4.84. The third kappa shape index (κ3) is 6.58. The van der Waals surface area contributed by atoms with Crippen LogP contribution in [0.2, 0.25) is 0 Å². The van der Waals surface area contributed by atoms with Crippen molar-refractivity contribution >= 4 is 29.9 Å². The first-order chi connectivity index (χ1) is 10.0. The highest BCUT2D eigenvalue weighted by Crippen LogP contribution is 2.15. The lowest BCUT2D eigenvalue weighted by Gasteiger charge is -2.34. The van der Waals surface area contributed by atoms with Gasteiger partial charge in [0.2, 0.25) is 0 Å². The molecule has 2 rings (SSSR count). The van der Waals surface area contributed by atoms with Gasteiger partial charge in [0, 0.05) is 52.4 Å². The predicted octanol–water partition coefficient (Wildman–Crippen LogP) is 1.53. The van der Waals surface area contributed by atoms with Crippen molar-refractivity contribution < 1.29 is 0 Å². The van der Waals surface area contributed by atoms with Crippen LogP contribution in [0.3, 0.4) is 0 Å². The maximum Gasteiger partial charge on any atom is 0.191 e. The van der Waals surface area contributed by atoms with Gasteiger partial charge in [0.05, 0.1) is 0 Å². The second-order valence-corrected chi connectivity index (χ2v) is 7.08. The molecule has 1 unspecified atom stereocenters. The molecule has 2 aliphatic heterocycles. The van der Waals surface area contributed by atoms with E-state index in [1.807, 2.05) is 0 Å². The minimum atomic E-state index is 0. The number of rotatable bonds is 4. The van der Waals surface area contributed by atoms with E-state index < -0.39 is 0 Å². The van der Waals surface area contributed by atoms with Crippen molar-refractivity contribution in [2.75, 3.05) is 59.4 Å². The monoisotopic (exact) mass is 423 g/mol. The summed E-state index contributed by atoms with van der Waals surface area (Å²) in [5.41, 5.74) is 6.15. The normalized spacial score (nSPS) is 24.1. The van der Waals surface area contributed by atoms with Gasteiger partial charge >= 0.3 is 0 Å². The van der Waals surface area contributed by atoms with Crippen LogP contribution < -0.4 is 5.73 Å². The van der Waals surface area contributed by atoms with Crippen molar-refractivity contribution in [2.24, 2.45) is 22.6 Å². The molecule has 22 heavy (non-hydrogen) atoms. The van der Waals surface area contributed by atoms with E-state index in [9.17, 15) is 0 Å². The van der Waals surface area contributed by atoms with Crippen LogP contribution in [0.4, 0.5) is 0 Å². The van der Waals surface area contributed by atoms with Gasteiger partial charge in [0.1, 0.15) is 0 Å². The Morgan fingerprint density at radius 2 is 1.73 bits per heavy atom. The highest BCUT2D eigenvalue weighted by Gasteiger charge is 2.18. The fourth-order valence-corrected chi connectivity index (χ4v) is 3.12. The van der Waals surface area contributed by atoms with Gasteiger partial charge in [-0.3, -0.25) is 4.99 Å². The Morgan fingerprint density at radius 3 is 2.32 bits per heavy atom. The number of hydrogen-bond acceptors (Lipinski definition) is 3. The zero-order valence-corrected chi connectivity index (χ0v) is 16.8. The molecule has 1 atom stereocenters. The molecule has 2 N–H and O–H groups in total. The summed E-state index contributed by atoms with van der Waals surface area (Å²) < 4.78 is 0. The summed E-state index contributed by atoms with van der Waals surface area (Å²) in [5, 5.41) is 0. The smallest absolute Gasteiger partial charge is 0.191 e. The third-order valence-corrected chi connectivity index (χ3v) is 4.84. The number of likely N-dealkylation sites (tertiary alicyclic amines) is 1. The molecule has 0 saturated carbocycles. The molecule has 0 aromatic heterocycles. The average molecular weight is 423 g/mol. The van der Waals surface area contributed by atoms with Gasteiger partial charge in [-0.25, -0.2) is 0 Å². The number of nitrogens with two attached hydrogens (primary N) is 1. The molecule has 2 heterocycles. The van der Waals surface area contributed by atoms with Crippen molar-refractivity contribution in [1.82, 2.24) is 14.7 Å². The molecule has 0 amide bonds. The van der Waals surface area contributed by atoms with Crippen LogP contribution >= 0.6 is 24.0 Å². The summed E-state index contributed by atoms with van der Waals surface area (Å²) in [6, 6.07) is 0. The highest BCUT2D eigenvalue weighted by molar-refractivity contribution is 14.0. The molecule has 0 radical (unpaired) electrons. The van der Waals surface area contributed by atoms with Crippen molar-refractivity contribution in [3.8, 4) is 0 Å². The van der Waals surface area contributed by atoms with E-state index in [4.69, 9.17) is 5.73 Å². The molecule has 6 heteroatoms. The van der Waals surface area contributed by atoms with Crippen LogP contribution in [0.15, 0.2) is 4.99 Å². The number of hydrogen-bond donors (Lipinski definition) is 1. The number of likely N-dealkylation sites (N-methyl/N-ethyl adjacent to an activating group) is 1. The molecule has 0 aromatic carbocycles. The highest BCUT2D eigenvalue weighted by atomic mass is 127. The maximum atomic E-state index is 6.15. The first-order valence-electron chi connectivity index (χ1n) is 8.50. The first-order valence-corrected chi connectivity index (χ1v) is 8.50. The number of nitrogens with zero attached hydrogens (tertiary/aromatic N) is 4. The molecule has 130 valence electrons. The standard InChI is InChI=1S/C16H33N5.HI/c1-14-4-6-21(7-5-14)16(17)18-12-15(2)13-20-10-8-19(3)9-11-20;/h14-15H,4-13H2,1-3H3,(H2,17,18);1H. The lowest BCUT2D eigenvalue weighted by Crippen LogP contribution is -2.46. The van der Waals surface area contributed by atoms with E-state index >= 15 is 0 Å². The summed E-state index contributed by atoms with van der Waals surface area (Å²) in [7, 11) is 2.20. The van der Waals surface area contributed by atoms with E-state index in [1.54, 1.807) is 0 Å². The summed E-state index contributed by atoms with van der Waals surface area (Å²) in [4.78, 5) is 11.8. The average Bonchev–Trinajstić information content (AvgIpc) is 2.48. The summed E-state index contributed by atoms with van der Waals surface area (Å²) in [5.74, 6) is 2.17. The van der Waals surface area contributed by atoms with Gasteiger partial charge < -0.3 is 20.4 Å². The topological polar surface area (TPSA) is 48.1 Å². The van der Waals surface area contributed by atoms with Gasteiger partial charge in [-0.1, -0.05) is 13.8 Å². The van der Waals surface area contributed by atoms with Crippen molar-refractivity contribution in [3.05, 3.63) is 0 Å². The molecule has 2 fully saturated rings. The second-order valence-electron chi connectivity index (χ2n) is 7.08. The Bertz CT molecular complexity index is 333. The molecule has 5 nitrogen and oxygen atoms in total. The maximum absolute atomic E-state index is 6.15. The van der Waals surface area contributed by atoms with Crippen LogP contribution in [0.25, 0.3) is 0 Å². The molecule has 0 aliphatic carbocycles. The molecule has 2 saturated heterocycles. The Hall–Kier alpha value is -0.0800. The van der Waals surface area contributed by atoms with Crippen LogP contribution in [-0.2, 0) is 0 Å². The van der Waals surface area contributed by atoms with E-state index in [-0.39, 0.29) is 24.0 Å². The van der Waals surface area contributed by atoms with Crippen molar-refractivity contribution in [3.63, 3.8) is 0 Å². The Morgan fingerprint density at radius 1 is 1.14 bits per heavy atom. The SMILES string of the molecule is CC1CCN(C(N)=NCC(C)CN2CCN(C)CC2)CC1.I. The van der Waals surface area contributed by atoms with Gasteiger partial charge in [-0.05, 0) is 31.7 Å². The number of aliphatic imine (C=N–C) groups is 1. The number of guanidine groups is 1. The molecular weight excluding hydrogens is 389 g/mol. The summed E-state index contributed by atoms with van der Waals surface area (Å²) >= 11 is 0. The van der Waals surface area contributed by atoms with E-state index in [1.165, 1.54) is 39.0 Å². The number of piperidine rings is 1. The molecule has 2 aliphatic rings. The van der Waals surface area contributed by atoms with Crippen LogP contribution in [0.5, 0.6) is 0 Å². The molecular formula is C16H34IN5. The van der Waals surface area contributed by atoms with Gasteiger partial charge in [-0.2, -0.15) is 0 Å². The minimum Gasteiger partial charge on any atom is -0.370 e.